The number of carbonyl (C=O) groups is 1. The quantitative estimate of drug-likeness (QED) is 0.690. The maximum Gasteiger partial charge on any atom is 0.308 e. The number of anilines is 1. The number of nitrogen functional groups attached to an aromatic ring is 1. The Labute approximate surface area is 134 Å². The van der Waals surface area contributed by atoms with Crippen LogP contribution in [0.5, 0.6) is 0 Å². The van der Waals surface area contributed by atoms with Crippen LogP contribution in [0, 0.1) is 5.92 Å². The molecule has 0 amide bonds. The number of rotatable bonds is 3. The number of thiazole rings is 1. The third-order valence-electron chi connectivity index (χ3n) is 4.33. The smallest absolute Gasteiger partial charge is 0.308 e. The summed E-state index contributed by atoms with van der Waals surface area (Å²) in [7, 11) is 1.47. The van der Waals surface area contributed by atoms with Crippen molar-refractivity contribution in [3.8, 4) is 10.4 Å². The van der Waals surface area contributed by atoms with Crippen molar-refractivity contribution in [1.29, 1.82) is 0 Å². The lowest BCUT2D eigenvalue weighted by Gasteiger charge is -2.25. The number of ether oxygens (including phenoxy) is 1. The molecule has 0 unspecified atom stereocenters. The van der Waals surface area contributed by atoms with Gasteiger partial charge in [-0.15, -0.1) is 11.3 Å². The van der Waals surface area contributed by atoms with Crippen molar-refractivity contribution in [2.75, 3.05) is 12.8 Å². The predicted molar refractivity (Wildman–Crippen MR) is 88.7 cm³/mol. The van der Waals surface area contributed by atoms with Crippen molar-refractivity contribution in [3.05, 3.63) is 35.5 Å². The second-order valence-electron chi connectivity index (χ2n) is 5.76. The molecule has 1 saturated carbocycles. The average molecular weight is 316 g/mol. The van der Waals surface area contributed by atoms with Crippen LogP contribution in [0.3, 0.4) is 0 Å². The molecule has 5 heteroatoms. The summed E-state index contributed by atoms with van der Waals surface area (Å²) in [4.78, 5) is 17.4. The Morgan fingerprint density at radius 2 is 1.91 bits per heavy atom. The summed E-state index contributed by atoms with van der Waals surface area (Å²) in [5, 5.41) is 1.18. The molecule has 2 N–H and O–H groups in total. The minimum atomic E-state index is -0.0693. The molecule has 1 heterocycles. The molecular formula is C17H20N2O2S. The Morgan fingerprint density at radius 3 is 2.55 bits per heavy atom. The molecule has 1 aliphatic carbocycles. The van der Waals surface area contributed by atoms with E-state index in [0.29, 0.717) is 5.92 Å². The second-order valence-corrected chi connectivity index (χ2v) is 6.82. The zero-order valence-electron chi connectivity index (χ0n) is 12.6. The van der Waals surface area contributed by atoms with E-state index < -0.39 is 0 Å². The fraction of sp³-hybridized carbons (Fsp3) is 0.412. The Bertz CT molecular complexity index is 643. The highest BCUT2D eigenvalue weighted by atomic mass is 32.1. The van der Waals surface area contributed by atoms with E-state index in [-0.39, 0.29) is 11.9 Å². The van der Waals surface area contributed by atoms with Crippen molar-refractivity contribution in [2.24, 2.45) is 5.92 Å². The van der Waals surface area contributed by atoms with Crippen LogP contribution >= 0.6 is 11.3 Å². The molecule has 0 spiro atoms. The fourth-order valence-corrected chi connectivity index (χ4v) is 4.09. The van der Waals surface area contributed by atoms with Crippen molar-refractivity contribution < 1.29 is 9.53 Å². The van der Waals surface area contributed by atoms with E-state index in [1.54, 1.807) is 11.3 Å². The Hall–Kier alpha value is -1.88. The fourth-order valence-electron chi connectivity index (χ4n) is 3.00. The minimum absolute atomic E-state index is 0.0674. The molecule has 0 aliphatic heterocycles. The first-order chi connectivity index (χ1) is 10.7. The van der Waals surface area contributed by atoms with Gasteiger partial charge in [-0.3, -0.25) is 4.79 Å². The molecule has 3 rings (SSSR count). The maximum absolute atomic E-state index is 11.6. The molecule has 1 aromatic heterocycles. The molecule has 0 bridgehead atoms. The zero-order chi connectivity index (χ0) is 15.5. The van der Waals surface area contributed by atoms with Crippen molar-refractivity contribution >= 4 is 23.0 Å². The SMILES string of the molecule is COC(=O)C1CCC(c2ncc(-c3ccc(N)cc3)s2)CC1. The molecule has 1 aliphatic rings. The molecule has 116 valence electrons. The first-order valence-corrected chi connectivity index (χ1v) is 8.38. The third-order valence-corrected chi connectivity index (χ3v) is 5.54. The van der Waals surface area contributed by atoms with Gasteiger partial charge in [0.2, 0.25) is 0 Å². The lowest BCUT2D eigenvalue weighted by Crippen LogP contribution is -2.22. The molecule has 2 aromatic rings. The number of nitrogens with zero attached hydrogens (tertiary/aromatic N) is 1. The van der Waals surface area contributed by atoms with E-state index in [9.17, 15) is 4.79 Å². The van der Waals surface area contributed by atoms with Crippen LogP contribution in [0.4, 0.5) is 5.69 Å². The largest absolute Gasteiger partial charge is 0.469 e. The Kier molecular flexibility index (Phi) is 4.43. The number of carbonyl (C=O) groups excluding carboxylic acids is 1. The lowest BCUT2D eigenvalue weighted by molar-refractivity contribution is -0.146. The van der Waals surface area contributed by atoms with Crippen molar-refractivity contribution in [1.82, 2.24) is 4.98 Å². The summed E-state index contributed by atoms with van der Waals surface area (Å²) < 4.78 is 4.84. The van der Waals surface area contributed by atoms with Gasteiger partial charge >= 0.3 is 5.97 Å². The van der Waals surface area contributed by atoms with Gasteiger partial charge in [0.1, 0.15) is 0 Å². The van der Waals surface area contributed by atoms with Gasteiger partial charge in [0, 0.05) is 17.8 Å². The topological polar surface area (TPSA) is 65.2 Å². The highest BCUT2D eigenvalue weighted by Crippen LogP contribution is 2.39. The number of hydrogen-bond acceptors (Lipinski definition) is 5. The normalized spacial score (nSPS) is 21.5. The van der Waals surface area contributed by atoms with E-state index in [1.165, 1.54) is 17.0 Å². The molecule has 0 saturated heterocycles. The van der Waals surface area contributed by atoms with E-state index >= 15 is 0 Å². The molecular weight excluding hydrogens is 296 g/mol. The van der Waals surface area contributed by atoms with E-state index in [2.05, 4.69) is 4.98 Å². The summed E-state index contributed by atoms with van der Waals surface area (Å²) in [5.74, 6) is 0.464. The number of esters is 1. The summed E-state index contributed by atoms with van der Waals surface area (Å²) in [6.45, 7) is 0. The van der Waals surface area contributed by atoms with Gasteiger partial charge in [-0.1, -0.05) is 12.1 Å². The number of methoxy groups -OCH3 is 1. The monoisotopic (exact) mass is 316 g/mol. The van der Waals surface area contributed by atoms with Gasteiger partial charge in [0.15, 0.2) is 0 Å². The van der Waals surface area contributed by atoms with Crippen molar-refractivity contribution in [2.45, 2.75) is 31.6 Å². The molecule has 1 aromatic carbocycles. The van der Waals surface area contributed by atoms with Gasteiger partial charge in [-0.05, 0) is 43.4 Å². The summed E-state index contributed by atoms with van der Waals surface area (Å²) in [6, 6.07) is 7.88. The highest BCUT2D eigenvalue weighted by Gasteiger charge is 2.29. The van der Waals surface area contributed by atoms with Crippen LogP contribution in [0.25, 0.3) is 10.4 Å². The maximum atomic E-state index is 11.6. The summed E-state index contributed by atoms with van der Waals surface area (Å²) in [6.07, 6.45) is 5.75. The van der Waals surface area contributed by atoms with Gasteiger partial charge in [0.05, 0.1) is 22.9 Å². The highest BCUT2D eigenvalue weighted by molar-refractivity contribution is 7.15. The average Bonchev–Trinajstić information content (AvgIpc) is 3.05. The molecule has 1 fully saturated rings. The first kappa shape index (κ1) is 15.0. The minimum Gasteiger partial charge on any atom is -0.469 e. The number of nitrogens with two attached hydrogens (primary N) is 1. The second kappa shape index (κ2) is 6.48. The van der Waals surface area contributed by atoms with Crippen LogP contribution in [0.15, 0.2) is 30.5 Å². The van der Waals surface area contributed by atoms with E-state index in [4.69, 9.17) is 10.5 Å². The first-order valence-electron chi connectivity index (χ1n) is 7.57. The predicted octanol–water partition coefficient (Wildman–Crippen LogP) is 3.84. The lowest BCUT2D eigenvalue weighted by atomic mass is 9.82. The van der Waals surface area contributed by atoms with Gasteiger partial charge < -0.3 is 10.5 Å². The number of hydrogen-bond donors (Lipinski definition) is 1. The van der Waals surface area contributed by atoms with Crippen LogP contribution in [-0.4, -0.2) is 18.1 Å². The number of benzene rings is 1. The summed E-state index contributed by atoms with van der Waals surface area (Å²) in [5.41, 5.74) is 7.65. The van der Waals surface area contributed by atoms with Crippen LogP contribution in [0.2, 0.25) is 0 Å². The van der Waals surface area contributed by atoms with Crippen LogP contribution in [-0.2, 0) is 9.53 Å². The molecule has 0 radical (unpaired) electrons. The van der Waals surface area contributed by atoms with Crippen LogP contribution in [0.1, 0.15) is 36.6 Å². The number of aromatic nitrogens is 1. The molecule has 22 heavy (non-hydrogen) atoms. The summed E-state index contributed by atoms with van der Waals surface area (Å²) >= 11 is 1.75. The third kappa shape index (κ3) is 3.14. The Balaban J connectivity index is 1.67. The molecule has 4 nitrogen and oxygen atoms in total. The van der Waals surface area contributed by atoms with Gasteiger partial charge in [-0.25, -0.2) is 4.98 Å². The van der Waals surface area contributed by atoms with E-state index in [1.807, 2.05) is 30.5 Å². The van der Waals surface area contributed by atoms with E-state index in [0.717, 1.165) is 36.9 Å². The van der Waals surface area contributed by atoms with Gasteiger partial charge in [-0.2, -0.15) is 0 Å². The van der Waals surface area contributed by atoms with Crippen LogP contribution < -0.4 is 5.73 Å². The standard InChI is InChI=1S/C17H20N2O2S/c1-21-17(20)13-4-2-12(3-5-13)16-19-10-15(22-16)11-6-8-14(18)9-7-11/h6-10,12-13H,2-5,18H2,1H3. The van der Waals surface area contributed by atoms with Gasteiger partial charge in [0.25, 0.3) is 0 Å². The van der Waals surface area contributed by atoms with Crippen molar-refractivity contribution in [3.63, 3.8) is 0 Å². The molecule has 0 atom stereocenters. The Morgan fingerprint density at radius 1 is 1.23 bits per heavy atom. The zero-order valence-corrected chi connectivity index (χ0v) is 13.4.